The number of halogens is 1. The molecule has 0 unspecified atom stereocenters. The van der Waals surface area contributed by atoms with Crippen molar-refractivity contribution in [3.05, 3.63) is 108 Å². The Labute approximate surface area is 231 Å². The van der Waals surface area contributed by atoms with Crippen LogP contribution in [0.5, 0.6) is 0 Å². The van der Waals surface area contributed by atoms with Gasteiger partial charge in [-0.1, -0.05) is 12.1 Å². The number of anilines is 3. The van der Waals surface area contributed by atoms with Crippen molar-refractivity contribution in [1.29, 1.82) is 0 Å². The number of carbonyl (C=O) groups is 1. The molecular formula is C31H29FN6O2. The maximum absolute atomic E-state index is 13.5. The van der Waals surface area contributed by atoms with E-state index in [-0.39, 0.29) is 11.7 Å². The molecule has 9 heteroatoms. The zero-order chi connectivity index (χ0) is 27.5. The minimum atomic E-state index is -0.303. The molecule has 0 spiro atoms. The Kier molecular flexibility index (Phi) is 7.22. The summed E-state index contributed by atoms with van der Waals surface area (Å²) in [5.41, 5.74) is 6.52. The van der Waals surface area contributed by atoms with Crippen molar-refractivity contribution in [2.75, 3.05) is 36.9 Å². The number of nitrogens with zero attached hydrogens (tertiary/aromatic N) is 4. The molecule has 5 aromatic rings. The van der Waals surface area contributed by atoms with Crippen molar-refractivity contribution in [3.8, 4) is 11.3 Å². The highest BCUT2D eigenvalue weighted by Gasteiger charge is 2.14. The molecule has 0 saturated carbocycles. The monoisotopic (exact) mass is 536 g/mol. The number of ether oxygens (including phenoxy) is 1. The van der Waals surface area contributed by atoms with Crippen LogP contribution in [0.15, 0.2) is 85.1 Å². The lowest BCUT2D eigenvalue weighted by atomic mass is 10.1. The van der Waals surface area contributed by atoms with Crippen LogP contribution in [0.3, 0.4) is 0 Å². The van der Waals surface area contributed by atoms with Crippen molar-refractivity contribution in [2.45, 2.75) is 13.5 Å². The van der Waals surface area contributed by atoms with Gasteiger partial charge in [0, 0.05) is 48.3 Å². The minimum absolute atomic E-state index is 0.179. The number of benzene rings is 3. The molecule has 1 saturated heterocycles. The second kappa shape index (κ2) is 11.3. The van der Waals surface area contributed by atoms with Crippen molar-refractivity contribution < 1.29 is 13.9 Å². The predicted molar refractivity (Wildman–Crippen MR) is 153 cm³/mol. The van der Waals surface area contributed by atoms with Crippen molar-refractivity contribution in [2.24, 2.45) is 0 Å². The second-order valence-electron chi connectivity index (χ2n) is 9.82. The average molecular weight is 537 g/mol. The number of morpholine rings is 1. The van der Waals surface area contributed by atoms with Crippen LogP contribution >= 0.6 is 0 Å². The number of nitrogens with one attached hydrogen (secondary N) is 2. The summed E-state index contributed by atoms with van der Waals surface area (Å²) in [6.07, 6.45) is 1.83. The highest BCUT2D eigenvalue weighted by molar-refractivity contribution is 6.04. The molecule has 8 nitrogen and oxygen atoms in total. The standard InChI is InChI=1S/C31H29FN6O2/c1-21-4-5-22(20-37-15-17-40-18-16-37)19-27(21)34-30(39)24-8-12-26(13-9-24)33-31-35-29(23-6-10-25(32)11-7-23)28-3-2-14-38(28)36-31/h2-14,19H,15-18,20H2,1H3,(H,33,36)(H,34,39). The Morgan fingerprint density at radius 3 is 2.55 bits per heavy atom. The van der Waals surface area contributed by atoms with Crippen molar-refractivity contribution >= 4 is 28.7 Å². The first kappa shape index (κ1) is 25.7. The fourth-order valence-electron chi connectivity index (χ4n) is 4.76. The van der Waals surface area contributed by atoms with E-state index in [2.05, 4.69) is 31.7 Å². The maximum Gasteiger partial charge on any atom is 0.255 e. The Morgan fingerprint density at radius 2 is 1.77 bits per heavy atom. The zero-order valence-electron chi connectivity index (χ0n) is 22.1. The lowest BCUT2D eigenvalue weighted by molar-refractivity contribution is 0.0342. The van der Waals surface area contributed by atoms with Crippen LogP contribution in [-0.4, -0.2) is 51.7 Å². The summed E-state index contributed by atoms with van der Waals surface area (Å²) < 4.78 is 20.6. The Bertz CT molecular complexity index is 1640. The van der Waals surface area contributed by atoms with Gasteiger partial charge in [-0.3, -0.25) is 9.69 Å². The number of hydrogen-bond acceptors (Lipinski definition) is 6. The molecule has 1 fully saturated rings. The first-order valence-electron chi connectivity index (χ1n) is 13.2. The summed E-state index contributed by atoms with van der Waals surface area (Å²) in [5, 5.41) is 10.8. The van der Waals surface area contributed by atoms with Crippen LogP contribution < -0.4 is 10.6 Å². The Morgan fingerprint density at radius 1 is 1.00 bits per heavy atom. The smallest absolute Gasteiger partial charge is 0.255 e. The molecule has 1 aliphatic heterocycles. The van der Waals surface area contributed by atoms with Gasteiger partial charge in [0.05, 0.1) is 18.7 Å². The summed E-state index contributed by atoms with van der Waals surface area (Å²) in [7, 11) is 0. The van der Waals surface area contributed by atoms with Gasteiger partial charge >= 0.3 is 0 Å². The first-order valence-corrected chi connectivity index (χ1v) is 13.2. The quantitative estimate of drug-likeness (QED) is 0.279. The molecule has 0 bridgehead atoms. The third-order valence-electron chi connectivity index (χ3n) is 6.97. The van der Waals surface area contributed by atoms with Gasteiger partial charge in [0.25, 0.3) is 5.91 Å². The number of aromatic nitrogens is 3. The zero-order valence-corrected chi connectivity index (χ0v) is 22.1. The molecule has 3 aromatic carbocycles. The largest absolute Gasteiger partial charge is 0.379 e. The molecule has 6 rings (SSSR count). The molecule has 40 heavy (non-hydrogen) atoms. The lowest BCUT2D eigenvalue weighted by Gasteiger charge is -2.26. The van der Waals surface area contributed by atoms with Crippen LogP contribution in [0.4, 0.5) is 21.7 Å². The number of rotatable bonds is 7. The maximum atomic E-state index is 13.5. The molecule has 202 valence electrons. The van der Waals surface area contributed by atoms with Crippen LogP contribution in [0.25, 0.3) is 16.8 Å². The van der Waals surface area contributed by atoms with Crippen LogP contribution in [0.1, 0.15) is 21.5 Å². The number of hydrogen-bond donors (Lipinski definition) is 2. The molecular weight excluding hydrogens is 507 g/mol. The first-order chi connectivity index (χ1) is 19.5. The summed E-state index contributed by atoms with van der Waals surface area (Å²) in [6.45, 7) is 6.14. The number of amides is 1. The third kappa shape index (κ3) is 5.70. The lowest BCUT2D eigenvalue weighted by Crippen LogP contribution is -2.35. The fraction of sp³-hybridized carbons (Fsp3) is 0.194. The SMILES string of the molecule is Cc1ccc(CN2CCOCC2)cc1NC(=O)c1ccc(Nc2nc(-c3ccc(F)cc3)c3cccn3n2)cc1. The number of fused-ring (bicyclic) bond motifs is 1. The van der Waals surface area contributed by atoms with E-state index in [0.717, 1.165) is 66.4 Å². The van der Waals surface area contributed by atoms with Gasteiger partial charge in [0.2, 0.25) is 5.95 Å². The van der Waals surface area contributed by atoms with Crippen LogP contribution in [0, 0.1) is 12.7 Å². The van der Waals surface area contributed by atoms with Crippen molar-refractivity contribution in [1.82, 2.24) is 19.5 Å². The molecule has 1 amide bonds. The topological polar surface area (TPSA) is 83.8 Å². The van der Waals surface area contributed by atoms with E-state index >= 15 is 0 Å². The summed E-state index contributed by atoms with van der Waals surface area (Å²) in [4.78, 5) is 20.1. The van der Waals surface area contributed by atoms with E-state index in [1.165, 1.54) is 12.1 Å². The number of carbonyl (C=O) groups excluding carboxylic acids is 1. The van der Waals surface area contributed by atoms with Crippen molar-refractivity contribution in [3.63, 3.8) is 0 Å². The van der Waals surface area contributed by atoms with E-state index in [0.29, 0.717) is 17.2 Å². The number of aryl methyl sites for hydroxylation is 1. The van der Waals surface area contributed by atoms with Gasteiger partial charge in [-0.15, -0.1) is 5.10 Å². The summed E-state index contributed by atoms with van der Waals surface area (Å²) >= 11 is 0. The average Bonchev–Trinajstić information content (AvgIpc) is 3.45. The van der Waals surface area contributed by atoms with Gasteiger partial charge in [-0.05, 0) is 84.8 Å². The van der Waals surface area contributed by atoms with Gasteiger partial charge in [-0.25, -0.2) is 13.9 Å². The van der Waals surface area contributed by atoms with E-state index < -0.39 is 0 Å². The highest BCUT2D eigenvalue weighted by atomic mass is 19.1. The Balaban J connectivity index is 1.16. The fourth-order valence-corrected chi connectivity index (χ4v) is 4.76. The highest BCUT2D eigenvalue weighted by Crippen LogP contribution is 2.26. The van der Waals surface area contributed by atoms with E-state index in [1.54, 1.807) is 28.8 Å². The molecule has 2 aromatic heterocycles. The van der Waals surface area contributed by atoms with Crippen LogP contribution in [0.2, 0.25) is 0 Å². The van der Waals surface area contributed by atoms with Crippen LogP contribution in [-0.2, 0) is 11.3 Å². The van der Waals surface area contributed by atoms with E-state index in [9.17, 15) is 9.18 Å². The minimum Gasteiger partial charge on any atom is -0.379 e. The molecule has 0 atom stereocenters. The van der Waals surface area contributed by atoms with Gasteiger partial charge in [-0.2, -0.15) is 0 Å². The second-order valence-corrected chi connectivity index (χ2v) is 9.82. The van der Waals surface area contributed by atoms with Gasteiger partial charge in [0.15, 0.2) is 0 Å². The van der Waals surface area contributed by atoms with Gasteiger partial charge in [0.1, 0.15) is 11.5 Å². The Hall–Kier alpha value is -4.60. The van der Waals surface area contributed by atoms with E-state index in [4.69, 9.17) is 4.74 Å². The molecule has 3 heterocycles. The third-order valence-corrected chi connectivity index (χ3v) is 6.97. The normalized spacial score (nSPS) is 13.8. The summed E-state index contributed by atoms with van der Waals surface area (Å²) in [6, 6.07) is 23.4. The molecule has 0 aliphatic carbocycles. The predicted octanol–water partition coefficient (Wildman–Crippen LogP) is 5.67. The molecule has 2 N–H and O–H groups in total. The van der Waals surface area contributed by atoms with Gasteiger partial charge < -0.3 is 15.4 Å². The molecule has 1 aliphatic rings. The molecule has 0 radical (unpaired) electrons. The summed E-state index contributed by atoms with van der Waals surface area (Å²) in [5.74, 6) is -0.0998. The van der Waals surface area contributed by atoms with E-state index in [1.807, 2.05) is 49.5 Å².